The van der Waals surface area contributed by atoms with Crippen LogP contribution in [0.1, 0.15) is 29.6 Å². The van der Waals surface area contributed by atoms with Crippen molar-refractivity contribution >= 4 is 16.9 Å². The zero-order valence-electron chi connectivity index (χ0n) is 14.8. The van der Waals surface area contributed by atoms with E-state index < -0.39 is 12.0 Å². The van der Waals surface area contributed by atoms with E-state index in [4.69, 9.17) is 0 Å². The minimum absolute atomic E-state index is 0.0436. The summed E-state index contributed by atoms with van der Waals surface area (Å²) in [5.74, 6) is -0.341. The predicted molar refractivity (Wildman–Crippen MR) is 102 cm³/mol. The van der Waals surface area contributed by atoms with Gasteiger partial charge in [0.25, 0.3) is 5.56 Å². The number of nitrogens with zero attached hydrogens (tertiary/aromatic N) is 2. The van der Waals surface area contributed by atoms with Gasteiger partial charge in [-0.15, -0.1) is 0 Å². The first-order valence-electron chi connectivity index (χ1n) is 9.34. The van der Waals surface area contributed by atoms with Gasteiger partial charge in [-0.3, -0.25) is 14.5 Å². The minimum atomic E-state index is -0.829. The van der Waals surface area contributed by atoms with E-state index in [-0.39, 0.29) is 11.5 Å². The van der Waals surface area contributed by atoms with E-state index in [1.54, 1.807) is 6.07 Å². The number of carboxylic acid groups (broad SMARTS) is 1. The number of aliphatic carboxylic acids is 1. The Hall–Kier alpha value is -2.86. The van der Waals surface area contributed by atoms with E-state index in [0.29, 0.717) is 25.6 Å². The van der Waals surface area contributed by atoms with Crippen LogP contribution in [0.25, 0.3) is 10.9 Å². The summed E-state index contributed by atoms with van der Waals surface area (Å²) in [5, 5.41) is 11.0. The summed E-state index contributed by atoms with van der Waals surface area (Å²) in [6.45, 7) is 2.01. The number of aromatic nitrogens is 2. The highest BCUT2D eigenvalue weighted by Gasteiger charge is 2.40. The summed E-state index contributed by atoms with van der Waals surface area (Å²) < 4.78 is 1.87. The summed E-state index contributed by atoms with van der Waals surface area (Å²) in [6, 6.07) is 12.5. The SMILES string of the molecule is O=C(O)[C@H](c1c[nH]c2ccccc12)N1C[C@H]2C[C@H](C1)c1cccc(=O)n1C2. The number of benzene rings is 1. The summed E-state index contributed by atoms with van der Waals surface area (Å²) in [5.41, 5.74) is 2.84. The molecule has 1 aromatic carbocycles. The molecule has 138 valence electrons. The molecular formula is C21H21N3O3. The molecule has 2 bridgehead atoms. The van der Waals surface area contributed by atoms with Crippen LogP contribution in [0.3, 0.4) is 0 Å². The average Bonchev–Trinajstić information content (AvgIpc) is 3.06. The zero-order valence-corrected chi connectivity index (χ0v) is 14.8. The molecule has 6 heteroatoms. The molecule has 0 aliphatic carbocycles. The molecule has 0 spiro atoms. The van der Waals surface area contributed by atoms with Crippen molar-refractivity contribution in [2.24, 2.45) is 5.92 Å². The number of fused-ring (bicyclic) bond motifs is 5. The van der Waals surface area contributed by atoms with Crippen LogP contribution in [0, 0.1) is 5.92 Å². The molecule has 0 amide bonds. The van der Waals surface area contributed by atoms with Crippen molar-refractivity contribution in [3.05, 3.63) is 70.3 Å². The second-order valence-electron chi connectivity index (χ2n) is 7.68. The lowest BCUT2D eigenvalue weighted by atomic mass is 9.82. The number of para-hydroxylation sites is 1. The van der Waals surface area contributed by atoms with Crippen LogP contribution in [-0.2, 0) is 11.3 Å². The second kappa shape index (κ2) is 6.09. The van der Waals surface area contributed by atoms with E-state index >= 15 is 0 Å². The fourth-order valence-electron chi connectivity index (χ4n) is 4.95. The van der Waals surface area contributed by atoms with Gasteiger partial charge in [-0.2, -0.15) is 0 Å². The normalized spacial score (nSPS) is 23.1. The quantitative estimate of drug-likeness (QED) is 0.750. The molecule has 3 atom stereocenters. The highest BCUT2D eigenvalue weighted by Crippen LogP contribution is 2.39. The molecule has 2 N–H and O–H groups in total. The van der Waals surface area contributed by atoms with E-state index in [9.17, 15) is 14.7 Å². The van der Waals surface area contributed by atoms with Gasteiger partial charge < -0.3 is 14.7 Å². The Balaban J connectivity index is 1.54. The third-order valence-electron chi connectivity index (χ3n) is 6.02. The molecule has 2 aliphatic heterocycles. The molecule has 1 saturated heterocycles. The molecule has 4 heterocycles. The van der Waals surface area contributed by atoms with Gasteiger partial charge in [0.15, 0.2) is 0 Å². The molecular weight excluding hydrogens is 342 g/mol. The summed E-state index contributed by atoms with van der Waals surface area (Å²) in [4.78, 5) is 29.7. The minimum Gasteiger partial charge on any atom is -0.480 e. The Labute approximate surface area is 156 Å². The molecule has 2 aliphatic rings. The Morgan fingerprint density at radius 2 is 1.96 bits per heavy atom. The maximum Gasteiger partial charge on any atom is 0.325 e. The van der Waals surface area contributed by atoms with Crippen molar-refractivity contribution < 1.29 is 9.90 Å². The first kappa shape index (κ1) is 16.3. The van der Waals surface area contributed by atoms with Crippen LogP contribution in [-0.4, -0.2) is 38.6 Å². The lowest BCUT2D eigenvalue weighted by Crippen LogP contribution is -2.49. The topological polar surface area (TPSA) is 78.3 Å². The molecule has 0 saturated carbocycles. The van der Waals surface area contributed by atoms with E-state index in [0.717, 1.165) is 28.6 Å². The van der Waals surface area contributed by atoms with Gasteiger partial charge in [-0.25, -0.2) is 0 Å². The van der Waals surface area contributed by atoms with Crippen molar-refractivity contribution in [2.75, 3.05) is 13.1 Å². The van der Waals surface area contributed by atoms with Crippen LogP contribution >= 0.6 is 0 Å². The Kier molecular flexibility index (Phi) is 3.68. The van der Waals surface area contributed by atoms with Crippen LogP contribution in [0.4, 0.5) is 0 Å². The molecule has 2 aromatic heterocycles. The Morgan fingerprint density at radius 1 is 1.11 bits per heavy atom. The number of carbonyl (C=O) groups is 1. The van der Waals surface area contributed by atoms with Crippen molar-refractivity contribution in [3.8, 4) is 0 Å². The van der Waals surface area contributed by atoms with Gasteiger partial charge in [-0.1, -0.05) is 24.3 Å². The molecule has 3 aromatic rings. The first-order valence-corrected chi connectivity index (χ1v) is 9.34. The number of likely N-dealkylation sites (tertiary alicyclic amines) is 1. The van der Waals surface area contributed by atoms with Crippen molar-refractivity contribution in [1.29, 1.82) is 0 Å². The van der Waals surface area contributed by atoms with Crippen LogP contribution in [0.2, 0.25) is 0 Å². The maximum atomic E-state index is 12.2. The summed E-state index contributed by atoms with van der Waals surface area (Å²) in [7, 11) is 0. The van der Waals surface area contributed by atoms with E-state index in [1.807, 2.05) is 47.2 Å². The lowest BCUT2D eigenvalue weighted by molar-refractivity contribution is -0.144. The van der Waals surface area contributed by atoms with Crippen molar-refractivity contribution in [2.45, 2.75) is 24.9 Å². The second-order valence-corrected chi connectivity index (χ2v) is 7.68. The third kappa shape index (κ3) is 2.59. The van der Waals surface area contributed by atoms with Gasteiger partial charge in [0.2, 0.25) is 0 Å². The summed E-state index contributed by atoms with van der Waals surface area (Å²) in [6.07, 6.45) is 2.84. The van der Waals surface area contributed by atoms with Gasteiger partial charge in [0.1, 0.15) is 6.04 Å². The van der Waals surface area contributed by atoms with E-state index in [2.05, 4.69) is 9.88 Å². The summed E-state index contributed by atoms with van der Waals surface area (Å²) >= 11 is 0. The van der Waals surface area contributed by atoms with Crippen molar-refractivity contribution in [1.82, 2.24) is 14.5 Å². The standard InChI is InChI=1S/C21H21N3O3/c25-19-7-3-6-18-14-8-13(11-24(18)19)10-23(12-14)20(21(26)27)16-9-22-17-5-2-1-4-15(16)17/h1-7,9,13-14,20,22H,8,10-12H2,(H,26,27)/t13-,14-,20+/m1/s1. The highest BCUT2D eigenvalue weighted by molar-refractivity contribution is 5.89. The molecule has 0 radical (unpaired) electrons. The lowest BCUT2D eigenvalue weighted by Gasteiger charge is -2.44. The van der Waals surface area contributed by atoms with Gasteiger partial charge >= 0.3 is 5.97 Å². The molecule has 1 fully saturated rings. The van der Waals surface area contributed by atoms with Crippen molar-refractivity contribution in [3.63, 3.8) is 0 Å². The van der Waals surface area contributed by atoms with Gasteiger partial charge in [0, 0.05) is 60.0 Å². The predicted octanol–water partition coefficient (Wildman–Crippen LogP) is 2.57. The first-order chi connectivity index (χ1) is 13.1. The Morgan fingerprint density at radius 3 is 2.81 bits per heavy atom. The Bertz CT molecular complexity index is 1080. The fraction of sp³-hybridized carbons (Fsp3) is 0.333. The smallest absolute Gasteiger partial charge is 0.325 e. The number of hydrogen-bond donors (Lipinski definition) is 2. The van der Waals surface area contributed by atoms with Gasteiger partial charge in [0.05, 0.1) is 0 Å². The number of hydrogen-bond acceptors (Lipinski definition) is 3. The molecule has 27 heavy (non-hydrogen) atoms. The van der Waals surface area contributed by atoms with Gasteiger partial charge in [-0.05, 0) is 24.5 Å². The number of piperidine rings is 1. The number of H-pyrrole nitrogens is 1. The molecule has 5 rings (SSSR count). The number of nitrogens with one attached hydrogen (secondary N) is 1. The third-order valence-corrected chi connectivity index (χ3v) is 6.02. The van der Waals surface area contributed by atoms with Crippen LogP contribution in [0.5, 0.6) is 0 Å². The fourth-order valence-corrected chi connectivity index (χ4v) is 4.95. The highest BCUT2D eigenvalue weighted by atomic mass is 16.4. The monoisotopic (exact) mass is 363 g/mol. The molecule has 6 nitrogen and oxygen atoms in total. The number of carboxylic acids is 1. The molecule has 0 unspecified atom stereocenters. The number of pyridine rings is 1. The average molecular weight is 363 g/mol. The number of rotatable bonds is 3. The number of aromatic amines is 1. The van der Waals surface area contributed by atoms with E-state index in [1.165, 1.54) is 0 Å². The maximum absolute atomic E-state index is 12.2. The largest absolute Gasteiger partial charge is 0.480 e. The zero-order chi connectivity index (χ0) is 18.5. The van der Waals surface area contributed by atoms with Crippen LogP contribution in [0.15, 0.2) is 53.5 Å². The van der Waals surface area contributed by atoms with Crippen LogP contribution < -0.4 is 5.56 Å².